The number of anilines is 3. The van der Waals surface area contributed by atoms with Crippen molar-refractivity contribution in [3.8, 4) is 5.88 Å². The highest BCUT2D eigenvalue weighted by Crippen LogP contribution is 2.32. The van der Waals surface area contributed by atoms with Crippen LogP contribution in [-0.4, -0.2) is 84.8 Å². The van der Waals surface area contributed by atoms with Gasteiger partial charge in [-0.25, -0.2) is 19.2 Å². The van der Waals surface area contributed by atoms with Crippen LogP contribution in [0.15, 0.2) is 18.3 Å². The molecule has 3 aliphatic heterocycles. The van der Waals surface area contributed by atoms with Gasteiger partial charge in [-0.2, -0.15) is 0 Å². The van der Waals surface area contributed by atoms with Gasteiger partial charge in [0.2, 0.25) is 5.91 Å². The highest BCUT2D eigenvalue weighted by Gasteiger charge is 2.34. The minimum absolute atomic E-state index is 0.0822. The van der Waals surface area contributed by atoms with Crippen molar-refractivity contribution in [2.24, 2.45) is 5.92 Å². The minimum Gasteiger partial charge on any atom is -0.465 e. The van der Waals surface area contributed by atoms with Gasteiger partial charge in [-0.3, -0.25) is 19.4 Å². The van der Waals surface area contributed by atoms with Crippen LogP contribution < -0.4 is 25.6 Å². The molecule has 13 heteroatoms. The van der Waals surface area contributed by atoms with E-state index in [4.69, 9.17) is 9.47 Å². The molecule has 3 atom stereocenters. The third kappa shape index (κ3) is 5.43. The molecular weight excluding hydrogens is 521 g/mol. The monoisotopic (exact) mass is 553 g/mol. The van der Waals surface area contributed by atoms with Crippen LogP contribution in [-0.2, 0) is 27.2 Å². The molecule has 2 saturated heterocycles. The second kappa shape index (κ2) is 11.0. The number of cyclic esters (lactones) is 1. The molecule has 12 nitrogen and oxygen atoms in total. The Morgan fingerprint density at radius 2 is 2.15 bits per heavy atom. The topological polar surface area (TPSA) is 138 Å². The zero-order valence-corrected chi connectivity index (χ0v) is 22.2. The molecule has 1 aromatic carbocycles. The first-order valence-electron chi connectivity index (χ1n) is 13.6. The van der Waals surface area contributed by atoms with E-state index < -0.39 is 6.09 Å². The smallest absolute Gasteiger partial charge is 0.415 e. The van der Waals surface area contributed by atoms with Gasteiger partial charge in [-0.15, -0.1) is 0 Å². The number of halogens is 1. The number of benzene rings is 1. The van der Waals surface area contributed by atoms with Gasteiger partial charge in [0.05, 0.1) is 18.8 Å². The first-order valence-corrected chi connectivity index (χ1v) is 13.6. The number of fused-ring (bicyclic) bond motifs is 2. The predicted molar refractivity (Wildman–Crippen MR) is 143 cm³/mol. The number of carbonyl (C=O) groups excluding carboxylic acids is 3. The SMILES string of the molecule is CN1CCCC1C(=O)Nc1cc(F)c2c(c1)CC(CNCCC1CN(c3cnc4c(n3)NC(=O)CO4)C(=O)O1)C2. The summed E-state index contributed by atoms with van der Waals surface area (Å²) in [5, 5.41) is 8.90. The Labute approximate surface area is 230 Å². The van der Waals surface area contributed by atoms with Gasteiger partial charge in [0.1, 0.15) is 11.9 Å². The predicted octanol–water partition coefficient (Wildman–Crippen LogP) is 1.70. The third-order valence-electron chi connectivity index (χ3n) is 7.93. The second-order valence-electron chi connectivity index (χ2n) is 10.8. The van der Waals surface area contributed by atoms with E-state index in [1.54, 1.807) is 0 Å². The minimum atomic E-state index is -0.522. The Balaban J connectivity index is 0.966. The van der Waals surface area contributed by atoms with E-state index in [-0.39, 0.29) is 59.8 Å². The van der Waals surface area contributed by atoms with E-state index in [1.165, 1.54) is 17.2 Å². The first-order chi connectivity index (χ1) is 19.3. The van der Waals surface area contributed by atoms with Crippen LogP contribution in [0.1, 0.15) is 30.4 Å². The summed E-state index contributed by atoms with van der Waals surface area (Å²) in [6.07, 6.45) is 4.34. The Morgan fingerprint density at radius 3 is 2.98 bits per heavy atom. The van der Waals surface area contributed by atoms with Gasteiger partial charge in [0, 0.05) is 5.69 Å². The summed E-state index contributed by atoms with van der Waals surface area (Å²) in [6.45, 7) is 2.41. The van der Waals surface area contributed by atoms with Gasteiger partial charge in [0.25, 0.3) is 11.8 Å². The van der Waals surface area contributed by atoms with Crippen molar-refractivity contribution < 1.29 is 28.2 Å². The number of carbonyl (C=O) groups is 3. The number of aromatic nitrogens is 2. The van der Waals surface area contributed by atoms with Gasteiger partial charge in [-0.1, -0.05) is 0 Å². The molecule has 0 bridgehead atoms. The van der Waals surface area contributed by atoms with Crippen LogP contribution in [0.3, 0.4) is 0 Å². The Hall–Kier alpha value is -3.84. The molecule has 3 amide bonds. The van der Waals surface area contributed by atoms with Crippen molar-refractivity contribution in [2.75, 3.05) is 55.4 Å². The van der Waals surface area contributed by atoms with Crippen molar-refractivity contribution in [1.29, 1.82) is 0 Å². The van der Waals surface area contributed by atoms with Crippen LogP contribution in [0.2, 0.25) is 0 Å². The third-order valence-corrected chi connectivity index (χ3v) is 7.93. The molecule has 0 spiro atoms. The fourth-order valence-electron chi connectivity index (χ4n) is 5.88. The fraction of sp³-hybridized carbons (Fsp3) is 0.519. The second-order valence-corrected chi connectivity index (χ2v) is 10.8. The lowest BCUT2D eigenvalue weighted by atomic mass is 10.1. The van der Waals surface area contributed by atoms with Gasteiger partial charge in [0.15, 0.2) is 18.2 Å². The van der Waals surface area contributed by atoms with Crippen LogP contribution in [0.4, 0.5) is 26.5 Å². The number of likely N-dealkylation sites (N-methyl/N-ethyl adjacent to an activating group) is 1. The maximum absolute atomic E-state index is 14.9. The molecule has 1 aliphatic carbocycles. The first kappa shape index (κ1) is 26.4. The molecular formula is C27H32FN7O5. The summed E-state index contributed by atoms with van der Waals surface area (Å²) in [5.74, 6) is 0.217. The molecule has 0 saturated carbocycles. The molecule has 1 aromatic heterocycles. The largest absolute Gasteiger partial charge is 0.465 e. The van der Waals surface area contributed by atoms with Crippen molar-refractivity contribution in [1.82, 2.24) is 20.2 Å². The quantitative estimate of drug-likeness (QED) is 0.417. The number of hydrogen-bond donors (Lipinski definition) is 3. The summed E-state index contributed by atoms with van der Waals surface area (Å²) in [4.78, 5) is 48.4. The molecule has 212 valence electrons. The zero-order chi connectivity index (χ0) is 27.8. The molecule has 2 aromatic rings. The van der Waals surface area contributed by atoms with Gasteiger partial charge < -0.3 is 25.4 Å². The van der Waals surface area contributed by atoms with Crippen molar-refractivity contribution in [3.05, 3.63) is 35.3 Å². The van der Waals surface area contributed by atoms with E-state index in [9.17, 15) is 18.8 Å². The van der Waals surface area contributed by atoms with Crippen LogP contribution in [0, 0.1) is 11.7 Å². The normalized spacial score (nSPS) is 23.9. The Morgan fingerprint density at radius 1 is 1.27 bits per heavy atom. The van der Waals surface area contributed by atoms with Crippen LogP contribution >= 0.6 is 0 Å². The molecule has 0 radical (unpaired) electrons. The maximum atomic E-state index is 14.9. The number of amides is 3. The molecule has 40 heavy (non-hydrogen) atoms. The molecule has 3 N–H and O–H groups in total. The van der Waals surface area contributed by atoms with Crippen molar-refractivity contribution in [3.63, 3.8) is 0 Å². The summed E-state index contributed by atoms with van der Waals surface area (Å²) in [5.41, 5.74) is 2.17. The maximum Gasteiger partial charge on any atom is 0.415 e. The Bertz CT molecular complexity index is 1340. The summed E-state index contributed by atoms with van der Waals surface area (Å²) < 4.78 is 25.6. The highest BCUT2D eigenvalue weighted by atomic mass is 19.1. The number of nitrogens with zero attached hydrogens (tertiary/aromatic N) is 4. The molecule has 4 aliphatic rings. The number of rotatable bonds is 8. The number of hydrogen-bond acceptors (Lipinski definition) is 9. The average Bonchev–Trinajstić information content (AvgIpc) is 3.64. The average molecular weight is 554 g/mol. The standard InChI is InChI=1S/C27H32FN7O5/c1-34-6-2-3-21(34)25(37)31-17-9-16-7-15(8-19(16)20(28)10-17)11-29-5-4-18-13-35(27(38)40-18)22-12-30-26-24(32-22)33-23(36)14-39-26/h9-10,12,15,18,21,29H,2-8,11,13-14H2,1H3,(H,31,37)(H,32,33,36). The van der Waals surface area contributed by atoms with Gasteiger partial charge >= 0.3 is 6.09 Å². The zero-order valence-electron chi connectivity index (χ0n) is 22.2. The van der Waals surface area contributed by atoms with Crippen LogP contribution in [0.25, 0.3) is 0 Å². The fourth-order valence-corrected chi connectivity index (χ4v) is 5.88. The highest BCUT2D eigenvalue weighted by molar-refractivity contribution is 5.95. The van der Waals surface area contributed by atoms with Crippen molar-refractivity contribution >= 4 is 35.2 Å². The van der Waals surface area contributed by atoms with E-state index in [0.717, 1.165) is 36.9 Å². The molecule has 3 unspecified atom stereocenters. The molecule has 4 heterocycles. The van der Waals surface area contributed by atoms with E-state index in [2.05, 4.69) is 25.9 Å². The van der Waals surface area contributed by atoms with Crippen molar-refractivity contribution in [2.45, 2.75) is 44.2 Å². The lowest BCUT2D eigenvalue weighted by Crippen LogP contribution is -2.37. The lowest BCUT2D eigenvalue weighted by Gasteiger charge is -2.19. The van der Waals surface area contributed by atoms with Gasteiger partial charge in [-0.05, 0) is 88.0 Å². The lowest BCUT2D eigenvalue weighted by molar-refractivity contribution is -0.120. The Kier molecular flexibility index (Phi) is 7.24. The number of ether oxygens (including phenoxy) is 2. The summed E-state index contributed by atoms with van der Waals surface area (Å²) in [6, 6.07) is 3.16. The van der Waals surface area contributed by atoms with Crippen LogP contribution in [0.5, 0.6) is 5.88 Å². The molecule has 6 rings (SSSR count). The van der Waals surface area contributed by atoms with E-state index in [1.807, 2.05) is 18.0 Å². The van der Waals surface area contributed by atoms with E-state index >= 15 is 0 Å². The number of nitrogens with one attached hydrogen (secondary N) is 3. The summed E-state index contributed by atoms with van der Waals surface area (Å²) >= 11 is 0. The summed E-state index contributed by atoms with van der Waals surface area (Å²) in [7, 11) is 1.94. The molecule has 2 fully saturated rings. The number of likely N-dealkylation sites (tertiary alicyclic amines) is 1. The van der Waals surface area contributed by atoms with E-state index in [0.29, 0.717) is 38.2 Å².